The number of aromatic nitrogens is 1. The number of nitrogens with zero attached hydrogens (tertiary/aromatic N) is 1. The van der Waals surface area contributed by atoms with Crippen LogP contribution in [0.3, 0.4) is 0 Å². The Balaban J connectivity index is 1.91. The topological polar surface area (TPSA) is 66.6 Å². The van der Waals surface area contributed by atoms with E-state index in [1.54, 1.807) is 12.1 Å². The molecule has 2 heterocycles. The summed E-state index contributed by atoms with van der Waals surface area (Å²) in [6.45, 7) is 6.10. The zero-order chi connectivity index (χ0) is 13.7. The molecule has 5 nitrogen and oxygen atoms in total. The molecule has 5 heteroatoms. The quantitative estimate of drug-likeness (QED) is 0.855. The molecule has 1 aliphatic rings. The molecule has 106 valence electrons. The van der Waals surface area contributed by atoms with E-state index in [-0.39, 0.29) is 6.10 Å². The van der Waals surface area contributed by atoms with Crippen molar-refractivity contribution in [3.63, 3.8) is 0 Å². The van der Waals surface area contributed by atoms with E-state index in [4.69, 9.17) is 19.9 Å². The van der Waals surface area contributed by atoms with Crippen LogP contribution in [0.4, 0.5) is 5.69 Å². The first kappa shape index (κ1) is 13.9. The Morgan fingerprint density at radius 1 is 1.42 bits per heavy atom. The molecular weight excluding hydrogens is 244 g/mol. The van der Waals surface area contributed by atoms with Gasteiger partial charge < -0.3 is 19.9 Å². The normalized spacial score (nSPS) is 18.8. The first-order valence-electron chi connectivity index (χ1n) is 6.79. The highest BCUT2D eigenvalue weighted by Gasteiger charge is 2.16. The van der Waals surface area contributed by atoms with E-state index in [1.807, 2.05) is 0 Å². The third kappa shape index (κ3) is 4.28. The van der Waals surface area contributed by atoms with Crippen LogP contribution < -0.4 is 15.2 Å². The van der Waals surface area contributed by atoms with E-state index in [0.29, 0.717) is 36.6 Å². The highest BCUT2D eigenvalue weighted by Crippen LogP contribution is 2.23. The summed E-state index contributed by atoms with van der Waals surface area (Å²) in [6.07, 6.45) is 2.33. The third-order valence-corrected chi connectivity index (χ3v) is 2.86. The van der Waals surface area contributed by atoms with Crippen LogP contribution >= 0.6 is 0 Å². The molecule has 2 N–H and O–H groups in total. The van der Waals surface area contributed by atoms with Gasteiger partial charge in [-0.25, -0.2) is 0 Å². The number of hydrogen-bond donors (Lipinski definition) is 1. The van der Waals surface area contributed by atoms with E-state index in [9.17, 15) is 0 Å². The van der Waals surface area contributed by atoms with Crippen molar-refractivity contribution in [3.05, 3.63) is 12.1 Å². The molecule has 1 fully saturated rings. The molecule has 0 radical (unpaired) electrons. The average molecular weight is 266 g/mol. The summed E-state index contributed by atoms with van der Waals surface area (Å²) in [4.78, 5) is 4.28. The summed E-state index contributed by atoms with van der Waals surface area (Å²) in [6, 6.07) is 3.51. The number of pyridine rings is 1. The average Bonchev–Trinajstić information content (AvgIpc) is 2.89. The Morgan fingerprint density at radius 2 is 2.26 bits per heavy atom. The number of nitrogen functional groups attached to an aromatic ring is 1. The number of nitrogens with two attached hydrogens (primary N) is 1. The summed E-state index contributed by atoms with van der Waals surface area (Å²) in [5.41, 5.74) is 6.36. The fourth-order valence-corrected chi connectivity index (χ4v) is 1.83. The van der Waals surface area contributed by atoms with Gasteiger partial charge in [-0.2, -0.15) is 4.98 Å². The smallest absolute Gasteiger partial charge is 0.240 e. The predicted molar refractivity (Wildman–Crippen MR) is 73.5 cm³/mol. The summed E-state index contributed by atoms with van der Waals surface area (Å²) in [5.74, 6) is 1.40. The van der Waals surface area contributed by atoms with Gasteiger partial charge in [0.25, 0.3) is 0 Å². The van der Waals surface area contributed by atoms with Gasteiger partial charge in [0, 0.05) is 12.7 Å². The third-order valence-electron chi connectivity index (χ3n) is 2.86. The van der Waals surface area contributed by atoms with Crippen molar-refractivity contribution in [1.29, 1.82) is 0 Å². The second-order valence-corrected chi connectivity index (χ2v) is 5.19. The maximum atomic E-state index is 5.83. The van der Waals surface area contributed by atoms with Crippen LogP contribution in [0.15, 0.2) is 12.1 Å². The zero-order valence-electron chi connectivity index (χ0n) is 11.6. The van der Waals surface area contributed by atoms with Gasteiger partial charge in [0.2, 0.25) is 11.8 Å². The number of hydrogen-bond acceptors (Lipinski definition) is 5. The van der Waals surface area contributed by atoms with E-state index in [0.717, 1.165) is 19.4 Å². The molecule has 0 saturated carbocycles. The van der Waals surface area contributed by atoms with Crippen molar-refractivity contribution in [1.82, 2.24) is 4.98 Å². The number of ether oxygens (including phenoxy) is 3. The SMILES string of the molecule is CC(C)COc1nc(OCC2CCCO2)ccc1N. The maximum Gasteiger partial charge on any atom is 0.240 e. The van der Waals surface area contributed by atoms with Gasteiger partial charge in [-0.1, -0.05) is 13.8 Å². The van der Waals surface area contributed by atoms with Gasteiger partial charge >= 0.3 is 0 Å². The van der Waals surface area contributed by atoms with Crippen molar-refractivity contribution in [3.8, 4) is 11.8 Å². The molecule has 1 aromatic rings. The van der Waals surface area contributed by atoms with Gasteiger partial charge in [-0.3, -0.25) is 0 Å². The summed E-state index contributed by atoms with van der Waals surface area (Å²) in [5, 5.41) is 0. The second-order valence-electron chi connectivity index (χ2n) is 5.19. The van der Waals surface area contributed by atoms with Crippen LogP contribution in [0, 0.1) is 5.92 Å². The van der Waals surface area contributed by atoms with Crippen molar-refractivity contribution in [2.45, 2.75) is 32.8 Å². The van der Waals surface area contributed by atoms with Crippen LogP contribution in [0.1, 0.15) is 26.7 Å². The van der Waals surface area contributed by atoms with Gasteiger partial charge in [0.05, 0.1) is 18.4 Å². The molecule has 0 aliphatic carbocycles. The van der Waals surface area contributed by atoms with Crippen LogP contribution in [-0.2, 0) is 4.74 Å². The standard InChI is InChI=1S/C14H22N2O3/c1-10(2)8-19-14-12(15)5-6-13(16-14)18-9-11-4-3-7-17-11/h5-6,10-11H,3-4,7-9,15H2,1-2H3. The molecule has 1 saturated heterocycles. The monoisotopic (exact) mass is 266 g/mol. The molecule has 19 heavy (non-hydrogen) atoms. The lowest BCUT2D eigenvalue weighted by Gasteiger charge is -2.13. The van der Waals surface area contributed by atoms with Crippen molar-refractivity contribution < 1.29 is 14.2 Å². The first-order chi connectivity index (χ1) is 9.15. The summed E-state index contributed by atoms with van der Waals surface area (Å²) in [7, 11) is 0. The zero-order valence-corrected chi connectivity index (χ0v) is 11.6. The van der Waals surface area contributed by atoms with Gasteiger partial charge in [-0.05, 0) is 24.8 Å². The Bertz CT molecular complexity index is 404. The van der Waals surface area contributed by atoms with Crippen molar-refractivity contribution >= 4 is 5.69 Å². The molecule has 0 bridgehead atoms. The Kier molecular flexibility index (Phi) is 4.85. The minimum atomic E-state index is 0.180. The highest BCUT2D eigenvalue weighted by molar-refractivity contribution is 5.49. The highest BCUT2D eigenvalue weighted by atomic mass is 16.5. The van der Waals surface area contributed by atoms with Crippen LogP contribution in [0.2, 0.25) is 0 Å². The fourth-order valence-electron chi connectivity index (χ4n) is 1.83. The lowest BCUT2D eigenvalue weighted by molar-refractivity contribution is 0.0660. The Labute approximate surface area is 114 Å². The van der Waals surface area contributed by atoms with Gasteiger partial charge in [0.15, 0.2) is 0 Å². The molecule has 0 amide bonds. The first-order valence-corrected chi connectivity index (χ1v) is 6.79. The predicted octanol–water partition coefficient (Wildman–Crippen LogP) is 2.26. The van der Waals surface area contributed by atoms with Gasteiger partial charge in [0.1, 0.15) is 6.61 Å². The van der Waals surface area contributed by atoms with Crippen LogP contribution in [-0.4, -0.2) is 30.9 Å². The molecule has 1 aromatic heterocycles. The van der Waals surface area contributed by atoms with E-state index in [2.05, 4.69) is 18.8 Å². The van der Waals surface area contributed by atoms with E-state index in [1.165, 1.54) is 0 Å². The maximum absolute atomic E-state index is 5.83. The second kappa shape index (κ2) is 6.61. The van der Waals surface area contributed by atoms with Crippen LogP contribution in [0.25, 0.3) is 0 Å². The lowest BCUT2D eigenvalue weighted by atomic mass is 10.2. The molecule has 1 unspecified atom stereocenters. The minimum Gasteiger partial charge on any atom is -0.476 e. The van der Waals surface area contributed by atoms with Crippen molar-refractivity contribution in [2.75, 3.05) is 25.6 Å². The summed E-state index contributed by atoms with van der Waals surface area (Å²) >= 11 is 0. The van der Waals surface area contributed by atoms with Crippen LogP contribution in [0.5, 0.6) is 11.8 Å². The molecule has 0 spiro atoms. The number of anilines is 1. The summed E-state index contributed by atoms with van der Waals surface area (Å²) < 4.78 is 16.7. The largest absolute Gasteiger partial charge is 0.476 e. The number of rotatable bonds is 6. The molecule has 2 rings (SSSR count). The Morgan fingerprint density at radius 3 is 2.95 bits per heavy atom. The lowest BCUT2D eigenvalue weighted by Crippen LogP contribution is -2.17. The molecular formula is C14H22N2O3. The molecule has 1 aliphatic heterocycles. The molecule has 1 atom stereocenters. The minimum absolute atomic E-state index is 0.180. The fraction of sp³-hybridized carbons (Fsp3) is 0.643. The van der Waals surface area contributed by atoms with Gasteiger partial charge in [-0.15, -0.1) is 0 Å². The molecule has 0 aromatic carbocycles. The van der Waals surface area contributed by atoms with E-state index >= 15 is 0 Å². The Hall–Kier alpha value is -1.49. The van der Waals surface area contributed by atoms with E-state index < -0.39 is 0 Å². The van der Waals surface area contributed by atoms with Crippen molar-refractivity contribution in [2.24, 2.45) is 5.92 Å².